The lowest BCUT2D eigenvalue weighted by Gasteiger charge is -2.43. The second kappa shape index (κ2) is 25.7. The molecule has 5 N–H and O–H groups in total. The molecular weight excluding hydrogens is 933 g/mol. The highest BCUT2D eigenvalue weighted by Gasteiger charge is 2.50. The largest absolute Gasteiger partial charge is 0.468 e. The smallest absolute Gasteiger partial charge is 0.408 e. The first kappa shape index (κ1) is 53.0. The van der Waals surface area contributed by atoms with Crippen LogP contribution in [0, 0.1) is 5.92 Å². The number of rotatable bonds is 21. The summed E-state index contributed by atoms with van der Waals surface area (Å²) >= 11 is 1.84. The van der Waals surface area contributed by atoms with E-state index in [2.05, 4.69) is 31.3 Å². The second-order valence-electron chi connectivity index (χ2n) is 15.5. The highest BCUT2D eigenvalue weighted by molar-refractivity contribution is 14.1. The number of ether oxygens (including phenoxy) is 7. The number of amides is 5. The molecule has 1 aliphatic heterocycles. The monoisotopic (exact) mass is 991 g/mol. The van der Waals surface area contributed by atoms with Crippen molar-refractivity contribution in [3.8, 4) is 0 Å². The molecule has 0 radical (unpaired) electrons. The van der Waals surface area contributed by atoms with Gasteiger partial charge < -0.3 is 59.7 Å². The lowest BCUT2D eigenvalue weighted by atomic mass is 10.0. The topological polar surface area (TPSA) is 278 Å². The Balaban J connectivity index is 2.40. The SMILES string of the molecule is COC(=O)CNC(=O)[C@H](CO[C@H]1O[C@H](COC(C)=O)[C@@H](OC(C)=O)[C@H](OC(C)=O)[C@@H]1I)NC(=O)[C@H](CC(C)C)NC(=O)[C@H](Cc1ccccc1)NC(=O)CNC(=O)OC(C)(C)C. The summed E-state index contributed by atoms with van der Waals surface area (Å²) in [6.07, 6.45) is -5.78. The van der Waals surface area contributed by atoms with E-state index in [0.29, 0.717) is 5.56 Å². The maximum absolute atomic E-state index is 14.1. The summed E-state index contributed by atoms with van der Waals surface area (Å²) in [4.78, 5) is 115. The first-order valence-corrected chi connectivity index (χ1v) is 20.9. The van der Waals surface area contributed by atoms with E-state index in [0.717, 1.165) is 27.9 Å². The fourth-order valence-corrected chi connectivity index (χ4v) is 6.68. The van der Waals surface area contributed by atoms with Gasteiger partial charge in [0.15, 0.2) is 18.5 Å². The number of carbonyl (C=O) groups is 9. The number of alkyl carbamates (subject to hydrolysis) is 1. The minimum atomic E-state index is -1.56. The van der Waals surface area contributed by atoms with Gasteiger partial charge in [0.1, 0.15) is 53.5 Å². The molecule has 1 fully saturated rings. The predicted molar refractivity (Wildman–Crippen MR) is 225 cm³/mol. The van der Waals surface area contributed by atoms with Gasteiger partial charge in [-0.15, -0.1) is 0 Å². The summed E-state index contributed by atoms with van der Waals surface area (Å²) in [5.74, 6) is -6.41. The zero-order valence-corrected chi connectivity index (χ0v) is 38.4. The van der Waals surface area contributed by atoms with Crippen LogP contribution in [0.5, 0.6) is 0 Å². The van der Waals surface area contributed by atoms with Gasteiger partial charge in [-0.3, -0.25) is 38.4 Å². The van der Waals surface area contributed by atoms with Crippen molar-refractivity contribution in [2.24, 2.45) is 5.92 Å². The van der Waals surface area contributed by atoms with Crippen LogP contribution in [0.4, 0.5) is 4.79 Å². The summed E-state index contributed by atoms with van der Waals surface area (Å²) in [7, 11) is 1.11. The molecule has 0 saturated carbocycles. The first-order chi connectivity index (χ1) is 29.0. The van der Waals surface area contributed by atoms with E-state index in [1.165, 1.54) is 0 Å². The Hall–Kier alpha value is -5.10. The van der Waals surface area contributed by atoms with Crippen LogP contribution in [0.1, 0.15) is 67.4 Å². The number of esters is 4. The molecule has 1 aromatic rings. The summed E-state index contributed by atoms with van der Waals surface area (Å²) in [5, 5.41) is 12.5. The zero-order valence-electron chi connectivity index (χ0n) is 36.2. The maximum atomic E-state index is 14.1. The number of methoxy groups -OCH3 is 1. The van der Waals surface area contributed by atoms with Gasteiger partial charge in [-0.05, 0) is 38.7 Å². The lowest BCUT2D eigenvalue weighted by Crippen LogP contribution is -2.61. The zero-order chi connectivity index (χ0) is 46.7. The first-order valence-electron chi connectivity index (χ1n) is 19.6. The molecule has 22 heteroatoms. The highest BCUT2D eigenvalue weighted by Crippen LogP contribution is 2.32. The number of hydrogen-bond donors (Lipinski definition) is 5. The Kier molecular flexibility index (Phi) is 22.0. The minimum absolute atomic E-state index is 0.00275. The van der Waals surface area contributed by atoms with Crippen molar-refractivity contribution < 1.29 is 76.3 Å². The Morgan fingerprint density at radius 1 is 0.758 bits per heavy atom. The standard InChI is InChI=1S/C40H58IN5O16/c1-21(2)15-26(45-37(54)27(16-25-13-11-10-12-14-25)44-30(50)17-43-39(55)62-40(6,7)8)36(53)46-28(35(52)42-18-31(51)56-9)19-58-38-32(41)34(60-24(5)49)33(59-23(4)48)29(61-38)20-57-22(3)47/h10-14,21,26-29,32-34,38H,15-20H2,1-9H3,(H,42,52)(H,43,55)(H,44,50)(H,45,54)(H,46,53)/t26-,27-,28-,29+,32-,33+,34+,38-/m0/s1. The highest BCUT2D eigenvalue weighted by atomic mass is 127. The molecule has 1 aromatic carbocycles. The molecule has 2 rings (SSSR count). The number of carbonyl (C=O) groups excluding carboxylic acids is 9. The summed E-state index contributed by atoms with van der Waals surface area (Å²) < 4.78 is 36.9. The van der Waals surface area contributed by atoms with Crippen molar-refractivity contribution in [3.63, 3.8) is 0 Å². The average molecular weight is 992 g/mol. The van der Waals surface area contributed by atoms with Crippen molar-refractivity contribution in [2.45, 2.75) is 120 Å². The van der Waals surface area contributed by atoms with Crippen molar-refractivity contribution in [1.82, 2.24) is 26.6 Å². The molecule has 346 valence electrons. The van der Waals surface area contributed by atoms with Gasteiger partial charge in [0, 0.05) is 27.2 Å². The molecule has 8 atom stereocenters. The number of nitrogens with one attached hydrogen (secondary N) is 5. The van der Waals surface area contributed by atoms with Crippen LogP contribution in [0.3, 0.4) is 0 Å². The van der Waals surface area contributed by atoms with E-state index < -0.39 is 132 Å². The van der Waals surface area contributed by atoms with Crippen LogP contribution >= 0.6 is 22.6 Å². The van der Waals surface area contributed by atoms with E-state index in [1.807, 2.05) is 22.6 Å². The van der Waals surface area contributed by atoms with E-state index in [1.54, 1.807) is 65.0 Å². The predicted octanol–water partition coefficient (Wildman–Crippen LogP) is 0.515. The Morgan fingerprint density at radius 3 is 1.92 bits per heavy atom. The van der Waals surface area contributed by atoms with Gasteiger partial charge in [-0.25, -0.2) is 4.79 Å². The third-order valence-electron chi connectivity index (χ3n) is 8.39. The normalized spacial score (nSPS) is 19.9. The van der Waals surface area contributed by atoms with Crippen molar-refractivity contribution in [2.75, 3.05) is 33.4 Å². The number of hydrogen-bond acceptors (Lipinski definition) is 16. The molecule has 0 bridgehead atoms. The van der Waals surface area contributed by atoms with E-state index in [9.17, 15) is 43.2 Å². The molecule has 62 heavy (non-hydrogen) atoms. The molecule has 0 unspecified atom stereocenters. The Bertz CT molecular complexity index is 1720. The van der Waals surface area contributed by atoms with Crippen LogP contribution < -0.4 is 26.6 Å². The van der Waals surface area contributed by atoms with Gasteiger partial charge in [-0.2, -0.15) is 0 Å². The molecule has 0 spiro atoms. The van der Waals surface area contributed by atoms with Gasteiger partial charge in [0.2, 0.25) is 23.6 Å². The Morgan fingerprint density at radius 2 is 1.35 bits per heavy atom. The second-order valence-corrected chi connectivity index (χ2v) is 16.9. The fraction of sp³-hybridized carbons (Fsp3) is 0.625. The van der Waals surface area contributed by atoms with Crippen LogP contribution in [-0.4, -0.2) is 139 Å². The molecule has 0 aromatic heterocycles. The fourth-order valence-electron chi connectivity index (χ4n) is 5.74. The summed E-state index contributed by atoms with van der Waals surface area (Å²) in [5.41, 5.74) is -0.155. The van der Waals surface area contributed by atoms with Crippen molar-refractivity contribution in [1.29, 1.82) is 0 Å². The number of benzene rings is 1. The van der Waals surface area contributed by atoms with Gasteiger partial charge in [0.05, 0.1) is 13.7 Å². The average Bonchev–Trinajstić information content (AvgIpc) is 3.17. The number of halogens is 1. The minimum Gasteiger partial charge on any atom is -0.468 e. The molecule has 1 heterocycles. The van der Waals surface area contributed by atoms with Gasteiger partial charge >= 0.3 is 30.0 Å². The summed E-state index contributed by atoms with van der Waals surface area (Å²) in [6, 6.07) is 4.64. The van der Waals surface area contributed by atoms with E-state index in [-0.39, 0.29) is 18.8 Å². The Labute approximate surface area is 373 Å². The third kappa shape index (κ3) is 19.7. The molecule has 1 aliphatic rings. The maximum Gasteiger partial charge on any atom is 0.408 e. The molecular formula is C40H58IN5O16. The van der Waals surface area contributed by atoms with Crippen molar-refractivity contribution in [3.05, 3.63) is 35.9 Å². The van der Waals surface area contributed by atoms with Crippen LogP contribution in [0.15, 0.2) is 30.3 Å². The molecule has 5 amide bonds. The van der Waals surface area contributed by atoms with E-state index in [4.69, 9.17) is 28.4 Å². The lowest BCUT2D eigenvalue weighted by molar-refractivity contribution is -0.260. The van der Waals surface area contributed by atoms with Crippen LogP contribution in [0.2, 0.25) is 0 Å². The van der Waals surface area contributed by atoms with Gasteiger partial charge in [-0.1, -0.05) is 66.8 Å². The summed E-state index contributed by atoms with van der Waals surface area (Å²) in [6.45, 7) is 9.75. The molecule has 21 nitrogen and oxygen atoms in total. The van der Waals surface area contributed by atoms with Crippen molar-refractivity contribution >= 4 is 76.2 Å². The molecule has 1 saturated heterocycles. The third-order valence-corrected chi connectivity index (χ3v) is 9.69. The van der Waals surface area contributed by atoms with Crippen LogP contribution in [-0.2, 0) is 77.9 Å². The van der Waals surface area contributed by atoms with Gasteiger partial charge in [0.25, 0.3) is 0 Å². The van der Waals surface area contributed by atoms with E-state index >= 15 is 0 Å². The quantitative estimate of drug-likeness (QED) is 0.0486. The number of alkyl halides is 1. The molecule has 0 aliphatic carbocycles. The van der Waals surface area contributed by atoms with Crippen LogP contribution in [0.25, 0.3) is 0 Å².